The maximum atomic E-state index is 6.27. The highest BCUT2D eigenvalue weighted by molar-refractivity contribution is 6.33. The number of benzene rings is 1. The number of pyridine rings is 1. The van der Waals surface area contributed by atoms with Crippen LogP contribution in [0.1, 0.15) is 5.69 Å². The number of hydrogen-bond donors (Lipinski definition) is 2. The van der Waals surface area contributed by atoms with E-state index in [0.29, 0.717) is 15.9 Å². The van der Waals surface area contributed by atoms with E-state index in [1.807, 2.05) is 31.3 Å². The van der Waals surface area contributed by atoms with E-state index in [0.717, 1.165) is 22.8 Å². The molecule has 3 aromatic rings. The van der Waals surface area contributed by atoms with Gasteiger partial charge in [0.05, 0.1) is 10.7 Å². The number of H-pyrrole nitrogens is 1. The van der Waals surface area contributed by atoms with Gasteiger partial charge in [0.25, 0.3) is 0 Å². The minimum absolute atomic E-state index is 0.525. The summed E-state index contributed by atoms with van der Waals surface area (Å²) in [5.41, 5.74) is 2.63. The predicted octanol–water partition coefficient (Wildman–Crippen LogP) is 4.83. The van der Waals surface area contributed by atoms with Gasteiger partial charge in [-0.1, -0.05) is 23.2 Å². The van der Waals surface area contributed by atoms with Gasteiger partial charge in [0, 0.05) is 28.7 Å². The normalized spacial score (nSPS) is 10.6. The topological polar surface area (TPSA) is 53.6 Å². The molecule has 0 aliphatic rings. The number of imidazole rings is 1. The van der Waals surface area contributed by atoms with Crippen LogP contribution in [-0.2, 0) is 0 Å². The fourth-order valence-electron chi connectivity index (χ4n) is 1.89. The number of halogens is 2. The Hall–Kier alpha value is -2.04. The van der Waals surface area contributed by atoms with Gasteiger partial charge in [-0.25, -0.2) is 9.97 Å². The highest BCUT2D eigenvalue weighted by atomic mass is 35.5. The highest BCUT2D eigenvalue weighted by Gasteiger charge is 2.08. The Morgan fingerprint density at radius 3 is 2.52 bits per heavy atom. The van der Waals surface area contributed by atoms with Crippen LogP contribution in [0.3, 0.4) is 0 Å². The maximum absolute atomic E-state index is 6.27. The highest BCUT2D eigenvalue weighted by Crippen LogP contribution is 2.27. The van der Waals surface area contributed by atoms with Gasteiger partial charge in [-0.2, -0.15) is 0 Å². The second-order valence-electron chi connectivity index (χ2n) is 4.58. The van der Waals surface area contributed by atoms with Gasteiger partial charge in [-0.05, 0) is 37.3 Å². The van der Waals surface area contributed by atoms with Crippen LogP contribution in [0, 0.1) is 6.92 Å². The first-order chi connectivity index (χ1) is 10.1. The molecule has 0 atom stereocenters. The fraction of sp³-hybridized carbons (Fsp3) is 0.0667. The Morgan fingerprint density at radius 1 is 1.14 bits per heavy atom. The van der Waals surface area contributed by atoms with Gasteiger partial charge >= 0.3 is 0 Å². The number of aromatic nitrogens is 3. The van der Waals surface area contributed by atoms with Gasteiger partial charge in [0.15, 0.2) is 0 Å². The minimum Gasteiger partial charge on any atom is -0.344 e. The van der Waals surface area contributed by atoms with E-state index in [1.165, 1.54) is 0 Å². The van der Waals surface area contributed by atoms with Crippen molar-refractivity contribution in [2.45, 2.75) is 6.92 Å². The smallest absolute Gasteiger partial charge is 0.149 e. The van der Waals surface area contributed by atoms with E-state index in [1.54, 1.807) is 18.3 Å². The van der Waals surface area contributed by atoms with E-state index in [-0.39, 0.29) is 0 Å². The van der Waals surface area contributed by atoms with Gasteiger partial charge in [-0.3, -0.25) is 0 Å². The first kappa shape index (κ1) is 13.9. The van der Waals surface area contributed by atoms with E-state index >= 15 is 0 Å². The van der Waals surface area contributed by atoms with Crippen molar-refractivity contribution in [2.75, 3.05) is 5.32 Å². The van der Waals surface area contributed by atoms with Crippen molar-refractivity contribution in [3.63, 3.8) is 0 Å². The Morgan fingerprint density at radius 2 is 1.90 bits per heavy atom. The number of aromatic amines is 1. The third kappa shape index (κ3) is 3.17. The lowest BCUT2D eigenvalue weighted by Gasteiger charge is -2.08. The Kier molecular flexibility index (Phi) is 3.82. The molecule has 0 spiro atoms. The number of nitrogens with zero attached hydrogens (tertiary/aromatic N) is 2. The molecule has 0 saturated carbocycles. The van der Waals surface area contributed by atoms with Crippen molar-refractivity contribution in [3.8, 4) is 11.4 Å². The van der Waals surface area contributed by atoms with Crippen LogP contribution >= 0.6 is 23.2 Å². The van der Waals surface area contributed by atoms with Crippen LogP contribution in [-0.4, -0.2) is 15.0 Å². The van der Waals surface area contributed by atoms with Crippen LogP contribution in [0.25, 0.3) is 11.4 Å². The molecule has 2 heterocycles. The predicted molar refractivity (Wildman–Crippen MR) is 86.3 cm³/mol. The standard InChI is InChI=1S/C15H12Cl2N4/c1-9-7-18-14(20-9)10-6-13(17)15(19-8-10)21-12-4-2-11(16)3-5-12/h2-8H,1H3,(H,18,20)(H,19,21). The molecule has 6 heteroatoms. The molecule has 0 aliphatic carbocycles. The molecule has 0 bridgehead atoms. The number of aryl methyl sites for hydroxylation is 1. The SMILES string of the molecule is Cc1c[nH]c(-c2cnc(Nc3ccc(Cl)cc3)c(Cl)c2)n1. The Bertz CT molecular complexity index is 766. The van der Waals surface area contributed by atoms with Crippen molar-refractivity contribution in [2.24, 2.45) is 0 Å². The second kappa shape index (κ2) is 5.76. The molecule has 0 aliphatic heterocycles. The average molecular weight is 319 g/mol. The number of rotatable bonds is 3. The third-order valence-electron chi connectivity index (χ3n) is 2.93. The van der Waals surface area contributed by atoms with Gasteiger partial charge in [-0.15, -0.1) is 0 Å². The number of hydrogen-bond acceptors (Lipinski definition) is 3. The summed E-state index contributed by atoms with van der Waals surface area (Å²) >= 11 is 12.1. The van der Waals surface area contributed by atoms with Crippen LogP contribution in [0.5, 0.6) is 0 Å². The molecule has 2 N–H and O–H groups in total. The monoisotopic (exact) mass is 318 g/mol. The summed E-state index contributed by atoms with van der Waals surface area (Å²) in [5, 5.41) is 4.36. The molecule has 0 fully saturated rings. The zero-order valence-electron chi connectivity index (χ0n) is 11.2. The first-order valence-electron chi connectivity index (χ1n) is 6.32. The van der Waals surface area contributed by atoms with Crippen molar-refractivity contribution < 1.29 is 0 Å². The van der Waals surface area contributed by atoms with Gasteiger partial charge in [0.1, 0.15) is 11.6 Å². The summed E-state index contributed by atoms with van der Waals surface area (Å²) in [5.74, 6) is 1.34. The van der Waals surface area contributed by atoms with E-state index in [4.69, 9.17) is 23.2 Å². The van der Waals surface area contributed by atoms with Crippen LogP contribution < -0.4 is 5.32 Å². The number of anilines is 2. The van der Waals surface area contributed by atoms with Gasteiger partial charge in [0.2, 0.25) is 0 Å². The summed E-state index contributed by atoms with van der Waals surface area (Å²) in [6.45, 7) is 1.92. The van der Waals surface area contributed by atoms with E-state index in [2.05, 4.69) is 20.3 Å². The fourth-order valence-corrected chi connectivity index (χ4v) is 2.23. The third-order valence-corrected chi connectivity index (χ3v) is 3.47. The molecule has 0 radical (unpaired) electrons. The lowest BCUT2D eigenvalue weighted by atomic mass is 10.2. The molecule has 0 saturated heterocycles. The zero-order chi connectivity index (χ0) is 14.8. The van der Waals surface area contributed by atoms with E-state index in [9.17, 15) is 0 Å². The van der Waals surface area contributed by atoms with E-state index < -0.39 is 0 Å². The van der Waals surface area contributed by atoms with Crippen LogP contribution in [0.15, 0.2) is 42.7 Å². The molecular formula is C15H12Cl2N4. The van der Waals surface area contributed by atoms with Crippen molar-refractivity contribution in [3.05, 3.63) is 58.5 Å². The second-order valence-corrected chi connectivity index (χ2v) is 5.42. The summed E-state index contributed by atoms with van der Waals surface area (Å²) in [7, 11) is 0. The molecule has 106 valence electrons. The average Bonchev–Trinajstić information content (AvgIpc) is 2.90. The molecule has 2 aromatic heterocycles. The van der Waals surface area contributed by atoms with Crippen molar-refractivity contribution in [1.82, 2.24) is 15.0 Å². The van der Waals surface area contributed by atoms with Crippen molar-refractivity contribution in [1.29, 1.82) is 0 Å². The van der Waals surface area contributed by atoms with Gasteiger partial charge < -0.3 is 10.3 Å². The number of nitrogens with one attached hydrogen (secondary N) is 2. The lowest BCUT2D eigenvalue weighted by Crippen LogP contribution is -1.95. The first-order valence-corrected chi connectivity index (χ1v) is 7.08. The molecule has 21 heavy (non-hydrogen) atoms. The largest absolute Gasteiger partial charge is 0.344 e. The van der Waals surface area contributed by atoms with Crippen molar-refractivity contribution >= 4 is 34.7 Å². The Balaban J connectivity index is 1.86. The van der Waals surface area contributed by atoms with Crippen LogP contribution in [0.2, 0.25) is 10.0 Å². The molecule has 0 unspecified atom stereocenters. The minimum atomic E-state index is 0.525. The maximum Gasteiger partial charge on any atom is 0.149 e. The summed E-state index contributed by atoms with van der Waals surface area (Å²) in [6.07, 6.45) is 3.56. The summed E-state index contributed by atoms with van der Waals surface area (Å²) in [6, 6.07) is 9.16. The lowest BCUT2D eigenvalue weighted by molar-refractivity contribution is 1.23. The quantitative estimate of drug-likeness (QED) is 0.727. The summed E-state index contributed by atoms with van der Waals surface area (Å²) < 4.78 is 0. The Labute approximate surface area is 132 Å². The molecule has 3 rings (SSSR count). The molecule has 1 aromatic carbocycles. The molecule has 0 amide bonds. The molecular weight excluding hydrogens is 307 g/mol. The van der Waals surface area contributed by atoms with Crippen LogP contribution in [0.4, 0.5) is 11.5 Å². The molecule has 4 nitrogen and oxygen atoms in total. The summed E-state index contributed by atoms with van der Waals surface area (Å²) in [4.78, 5) is 11.8. The zero-order valence-corrected chi connectivity index (χ0v) is 12.7.